The number of ether oxygens (including phenoxy) is 1. The van der Waals surface area contributed by atoms with Crippen molar-refractivity contribution in [2.75, 3.05) is 19.8 Å². The molecular weight excluding hydrogens is 725 g/mol. The topological polar surface area (TPSA) is 127 Å². The number of carbonyl (C=O) groups excluding carboxylic acids is 1. The molecule has 1 aromatic rings. The van der Waals surface area contributed by atoms with Crippen LogP contribution >= 0.6 is 0 Å². The number of benzene rings is 1. The van der Waals surface area contributed by atoms with E-state index in [1.165, 1.54) is 16.4 Å². The number of fused-ring (bicyclic) bond motifs is 6. The highest BCUT2D eigenvalue weighted by Gasteiger charge is 2.79. The summed E-state index contributed by atoms with van der Waals surface area (Å²) in [4.78, 5) is 16.1. The van der Waals surface area contributed by atoms with Crippen LogP contribution in [0.3, 0.4) is 0 Å². The fourth-order valence-electron chi connectivity index (χ4n) is 18.2. The third kappa shape index (κ3) is 4.72. The van der Waals surface area contributed by atoms with Gasteiger partial charge >= 0.3 is 0 Å². The zero-order valence-electron chi connectivity index (χ0n) is 35.4. The molecule has 0 aromatic heterocycles. The molecule has 0 radical (unpaired) electrons. The zero-order chi connectivity index (χ0) is 40.7. The van der Waals surface area contributed by atoms with Crippen molar-refractivity contribution in [2.45, 2.75) is 148 Å². The fourth-order valence-corrected chi connectivity index (χ4v) is 18.2. The van der Waals surface area contributed by atoms with Gasteiger partial charge in [0, 0.05) is 29.8 Å². The number of rotatable bonds is 5. The number of carbonyl (C=O) groups is 1. The molecule has 2 unspecified atom stereocenters. The van der Waals surface area contributed by atoms with Crippen molar-refractivity contribution in [2.24, 2.45) is 67.5 Å². The Bertz CT molecular complexity index is 2080. The van der Waals surface area contributed by atoms with Crippen LogP contribution in [0.15, 0.2) is 35.9 Å². The van der Waals surface area contributed by atoms with Crippen LogP contribution in [0.4, 0.5) is 0 Å². The van der Waals surface area contributed by atoms with Crippen molar-refractivity contribution in [3.63, 3.8) is 0 Å². The lowest BCUT2D eigenvalue weighted by atomic mass is 9.29. The second-order valence-electron chi connectivity index (χ2n) is 21.9. The van der Waals surface area contributed by atoms with E-state index in [1.54, 1.807) is 0 Å². The SMILES string of the molecule is CCOCC1=c2ccccc2=C[C@@H]2[C@@H]1CC[C@@]13CCC4[C@](C)([C@H](O)CO)[C@@H](O)CC[C@]42[C@H]1C(=O)C=C1C2C[C@@]4(C)CCC#C[C@H](O)[C@]2([C@@H](O)C[C@]13C)C1(CCCC1)C4. The lowest BCUT2D eigenvalue weighted by Crippen LogP contribution is -2.74. The Kier molecular flexibility index (Phi) is 9.16. The lowest BCUT2D eigenvalue weighted by molar-refractivity contribution is -0.266. The van der Waals surface area contributed by atoms with Crippen LogP contribution in [-0.4, -0.2) is 75.6 Å². The minimum Gasteiger partial charge on any atom is -0.394 e. The first kappa shape index (κ1) is 39.8. The van der Waals surface area contributed by atoms with E-state index in [0.717, 1.165) is 82.3 Å². The molecule has 0 aliphatic heterocycles. The molecule has 5 N–H and O–H groups in total. The predicted octanol–water partition coefficient (Wildman–Crippen LogP) is 5.61. The normalized spacial score (nSPS) is 48.7. The van der Waals surface area contributed by atoms with Crippen LogP contribution in [0.5, 0.6) is 0 Å². The van der Waals surface area contributed by atoms with Gasteiger partial charge in [-0.2, -0.15) is 0 Å². The van der Waals surface area contributed by atoms with E-state index in [9.17, 15) is 25.5 Å². The van der Waals surface area contributed by atoms with Gasteiger partial charge in [-0.15, -0.1) is 5.92 Å². The Morgan fingerprint density at radius 2 is 1.69 bits per heavy atom. The standard InChI is InChI=1S/C51H68O7/c1-5-58-29-34-32-13-7-6-12-31(32)24-35-33(34)15-21-49-22-16-39-47(4,43(57)28-52)40(54)17-23-50(35,39)44(49)38(53)25-36-37-26-45(2)18-9-8-14-41(55)51(37,42(56)27-46(36,49)3)48(30-45)19-10-11-20-48/h6-7,12-13,24-25,33,35,37,39-44,52,54-57H,5,9-11,15-23,26-30H2,1-4H3/t33-,35-,37?,39?,40+,41+,42+,43-,44+,45-,46-,47+,49-,50-,51-/m1/s1. The van der Waals surface area contributed by atoms with Crippen molar-refractivity contribution in [1.29, 1.82) is 0 Å². The van der Waals surface area contributed by atoms with Crippen molar-refractivity contribution in [3.8, 4) is 11.8 Å². The Morgan fingerprint density at radius 3 is 2.45 bits per heavy atom. The molecule has 0 amide bonds. The van der Waals surface area contributed by atoms with Crippen LogP contribution in [0.25, 0.3) is 11.6 Å². The molecule has 10 aliphatic rings. The van der Waals surface area contributed by atoms with E-state index >= 15 is 4.79 Å². The molecule has 4 bridgehead atoms. The molecule has 10 aliphatic carbocycles. The Balaban J connectivity index is 1.23. The molecule has 15 atom stereocenters. The highest BCUT2D eigenvalue weighted by atomic mass is 16.5. The number of aliphatic hydroxyl groups is 5. The van der Waals surface area contributed by atoms with Crippen LogP contribution in [0, 0.1) is 79.3 Å². The Morgan fingerprint density at radius 1 is 0.931 bits per heavy atom. The average molecular weight is 793 g/mol. The summed E-state index contributed by atoms with van der Waals surface area (Å²) in [5, 5.41) is 62.9. The summed E-state index contributed by atoms with van der Waals surface area (Å²) in [6.07, 6.45) is 13.2. The lowest BCUT2D eigenvalue weighted by Gasteiger charge is -2.75. The monoisotopic (exact) mass is 792 g/mol. The molecule has 314 valence electrons. The maximum Gasteiger partial charge on any atom is 0.159 e. The number of hydrogen-bond donors (Lipinski definition) is 5. The molecular formula is C51H68O7. The van der Waals surface area contributed by atoms with Crippen LogP contribution in [-0.2, 0) is 9.53 Å². The highest BCUT2D eigenvalue weighted by Crippen LogP contribution is 2.82. The second kappa shape index (κ2) is 13.3. The number of ketones is 1. The quantitative estimate of drug-likeness (QED) is 0.246. The van der Waals surface area contributed by atoms with E-state index in [1.807, 2.05) is 13.8 Å². The number of hydrogen-bond acceptors (Lipinski definition) is 7. The number of allylic oxidation sites excluding steroid dienone is 2. The predicted molar refractivity (Wildman–Crippen MR) is 223 cm³/mol. The van der Waals surface area contributed by atoms with Gasteiger partial charge in [-0.25, -0.2) is 0 Å². The van der Waals surface area contributed by atoms with Gasteiger partial charge in [-0.05, 0) is 157 Å². The molecule has 0 saturated heterocycles. The van der Waals surface area contributed by atoms with Gasteiger partial charge < -0.3 is 30.3 Å². The van der Waals surface area contributed by atoms with Crippen LogP contribution < -0.4 is 10.4 Å². The smallest absolute Gasteiger partial charge is 0.159 e. The van der Waals surface area contributed by atoms with Crippen molar-refractivity contribution < 1.29 is 35.1 Å². The summed E-state index contributed by atoms with van der Waals surface area (Å²) in [7, 11) is 0. The van der Waals surface area contributed by atoms with Gasteiger partial charge in [0.1, 0.15) is 6.10 Å². The third-order valence-electron chi connectivity index (χ3n) is 20.3. The van der Waals surface area contributed by atoms with Crippen molar-refractivity contribution in [1.82, 2.24) is 0 Å². The first-order valence-corrected chi connectivity index (χ1v) is 23.2. The summed E-state index contributed by atoms with van der Waals surface area (Å²) in [5.74, 6) is 6.14. The van der Waals surface area contributed by atoms with E-state index in [2.05, 4.69) is 62.1 Å². The first-order chi connectivity index (χ1) is 27.7. The molecule has 58 heavy (non-hydrogen) atoms. The molecule has 7 heteroatoms. The molecule has 11 rings (SSSR count). The molecule has 6 saturated carbocycles. The average Bonchev–Trinajstić information content (AvgIpc) is 3.67. The van der Waals surface area contributed by atoms with Crippen LogP contribution in [0.1, 0.15) is 124 Å². The second-order valence-corrected chi connectivity index (χ2v) is 21.9. The summed E-state index contributed by atoms with van der Waals surface area (Å²) in [5.41, 5.74) is -1.31. The highest BCUT2D eigenvalue weighted by molar-refractivity contribution is 5.96. The Hall–Kier alpha value is -2.31. The van der Waals surface area contributed by atoms with Crippen molar-refractivity contribution >= 4 is 17.4 Å². The minimum atomic E-state index is -1.14. The maximum atomic E-state index is 16.1. The van der Waals surface area contributed by atoms with Crippen LogP contribution in [0.2, 0.25) is 0 Å². The summed E-state index contributed by atoms with van der Waals surface area (Å²) in [6, 6.07) is 8.63. The van der Waals surface area contributed by atoms with Gasteiger partial charge in [-0.1, -0.05) is 75.4 Å². The molecule has 3 spiro atoms. The van der Waals surface area contributed by atoms with E-state index < -0.39 is 64.0 Å². The van der Waals surface area contributed by atoms with Gasteiger partial charge in [0.05, 0.1) is 31.5 Å². The van der Waals surface area contributed by atoms with E-state index in [4.69, 9.17) is 4.74 Å². The molecule has 1 aromatic carbocycles. The van der Waals surface area contributed by atoms with Gasteiger partial charge in [0.2, 0.25) is 0 Å². The van der Waals surface area contributed by atoms with Crippen molar-refractivity contribution in [3.05, 3.63) is 46.4 Å². The summed E-state index contributed by atoms with van der Waals surface area (Å²) < 4.78 is 6.31. The third-order valence-corrected chi connectivity index (χ3v) is 20.3. The largest absolute Gasteiger partial charge is 0.394 e. The molecule has 6 fully saturated rings. The fraction of sp³-hybridized carbons (Fsp3) is 0.745. The van der Waals surface area contributed by atoms with E-state index in [0.29, 0.717) is 32.5 Å². The first-order valence-electron chi connectivity index (χ1n) is 23.2. The van der Waals surface area contributed by atoms with E-state index in [-0.39, 0.29) is 40.3 Å². The van der Waals surface area contributed by atoms with Gasteiger partial charge in [-0.3, -0.25) is 4.79 Å². The van der Waals surface area contributed by atoms with Gasteiger partial charge in [0.25, 0.3) is 0 Å². The summed E-state index contributed by atoms with van der Waals surface area (Å²) >= 11 is 0. The summed E-state index contributed by atoms with van der Waals surface area (Å²) in [6.45, 7) is 9.53. The van der Waals surface area contributed by atoms with Gasteiger partial charge in [0.15, 0.2) is 5.78 Å². The Labute approximate surface area is 345 Å². The number of aliphatic hydroxyl groups excluding tert-OH is 5. The molecule has 0 heterocycles. The zero-order valence-corrected chi connectivity index (χ0v) is 35.4. The minimum absolute atomic E-state index is 0.0173. The maximum absolute atomic E-state index is 16.1. The molecule has 7 nitrogen and oxygen atoms in total.